The Hall–Kier alpha value is -2.25. The first kappa shape index (κ1) is 13.2. The fraction of sp³-hybridized carbons (Fsp3) is 0.0667. The molecular formula is C15H12N2OS. The van der Waals surface area contributed by atoms with Crippen LogP contribution in [0.4, 0.5) is 5.69 Å². The minimum absolute atomic E-state index is 0.148. The van der Waals surface area contributed by atoms with Gasteiger partial charge in [-0.25, -0.2) is 6.57 Å². The molecule has 0 spiro atoms. The highest BCUT2D eigenvalue weighted by atomic mass is 32.2. The van der Waals surface area contributed by atoms with E-state index in [4.69, 9.17) is 6.57 Å². The van der Waals surface area contributed by atoms with Crippen LogP contribution in [0.1, 0.15) is 0 Å². The van der Waals surface area contributed by atoms with Crippen molar-refractivity contribution in [1.82, 2.24) is 0 Å². The molecule has 3 nitrogen and oxygen atoms in total. The van der Waals surface area contributed by atoms with Crippen LogP contribution in [-0.2, 0) is 4.79 Å². The summed E-state index contributed by atoms with van der Waals surface area (Å²) in [5.41, 5.74) is 0.741. The molecule has 2 aromatic rings. The molecular weight excluding hydrogens is 256 g/mol. The first-order chi connectivity index (χ1) is 9.29. The molecule has 1 N–H and O–H groups in total. The normalized spacial score (nSPS) is 9.63. The molecule has 0 saturated carbocycles. The van der Waals surface area contributed by atoms with Crippen LogP contribution in [0.25, 0.3) is 4.85 Å². The Kier molecular flexibility index (Phi) is 4.60. The molecule has 2 aromatic carbocycles. The van der Waals surface area contributed by atoms with Crippen LogP contribution in [0.2, 0.25) is 0 Å². The van der Waals surface area contributed by atoms with Crippen LogP contribution >= 0.6 is 11.8 Å². The highest BCUT2D eigenvalue weighted by molar-refractivity contribution is 7.99. The number of amides is 1. The van der Waals surface area contributed by atoms with Crippen LogP contribution in [0.3, 0.4) is 0 Å². The van der Waals surface area contributed by atoms with Crippen molar-refractivity contribution in [3.05, 3.63) is 66.0 Å². The summed E-state index contributed by atoms with van der Waals surface area (Å²) in [6, 6.07) is 17.5. The highest BCUT2D eigenvalue weighted by Crippen LogP contribution is 2.33. The molecule has 0 atom stereocenters. The Morgan fingerprint density at radius 3 is 2.53 bits per heavy atom. The third-order valence-corrected chi connectivity index (χ3v) is 3.44. The lowest BCUT2D eigenvalue weighted by atomic mass is 10.3. The molecule has 0 aliphatic carbocycles. The van der Waals surface area contributed by atoms with E-state index in [9.17, 15) is 4.79 Å². The van der Waals surface area contributed by atoms with Gasteiger partial charge in [-0.3, -0.25) is 4.79 Å². The van der Waals surface area contributed by atoms with Gasteiger partial charge in [0.25, 0.3) is 6.54 Å². The van der Waals surface area contributed by atoms with Crippen LogP contribution in [0, 0.1) is 6.57 Å². The fourth-order valence-corrected chi connectivity index (χ4v) is 2.46. The summed E-state index contributed by atoms with van der Waals surface area (Å²) >= 11 is 1.58. The van der Waals surface area contributed by atoms with E-state index in [0.717, 1.165) is 15.5 Å². The Morgan fingerprint density at radius 1 is 1.11 bits per heavy atom. The van der Waals surface area contributed by atoms with Gasteiger partial charge in [0.2, 0.25) is 0 Å². The van der Waals surface area contributed by atoms with Gasteiger partial charge in [-0.05, 0) is 24.3 Å². The third-order valence-electron chi connectivity index (χ3n) is 2.35. The van der Waals surface area contributed by atoms with Crippen molar-refractivity contribution in [3.63, 3.8) is 0 Å². The minimum Gasteiger partial charge on any atom is -0.319 e. The van der Waals surface area contributed by atoms with Crippen molar-refractivity contribution in [1.29, 1.82) is 0 Å². The van der Waals surface area contributed by atoms with Gasteiger partial charge in [-0.1, -0.05) is 42.1 Å². The maximum atomic E-state index is 11.5. The smallest absolute Gasteiger partial charge is 0.304 e. The summed E-state index contributed by atoms with van der Waals surface area (Å²) in [7, 11) is 0. The molecule has 0 aliphatic rings. The van der Waals surface area contributed by atoms with Gasteiger partial charge < -0.3 is 10.2 Å². The Bertz CT molecular complexity index is 605. The Balaban J connectivity index is 2.17. The van der Waals surface area contributed by atoms with Crippen molar-refractivity contribution < 1.29 is 4.79 Å². The van der Waals surface area contributed by atoms with Gasteiger partial charge >= 0.3 is 5.91 Å². The lowest BCUT2D eigenvalue weighted by molar-refractivity contribution is -0.114. The molecule has 0 saturated heterocycles. The van der Waals surface area contributed by atoms with Crippen molar-refractivity contribution in [3.8, 4) is 0 Å². The van der Waals surface area contributed by atoms with Crippen LogP contribution < -0.4 is 5.32 Å². The lowest BCUT2D eigenvalue weighted by Gasteiger charge is -2.08. The molecule has 94 valence electrons. The molecule has 19 heavy (non-hydrogen) atoms. The molecule has 0 aliphatic heterocycles. The number of nitrogens with zero attached hydrogens (tertiary/aromatic N) is 1. The van der Waals surface area contributed by atoms with Crippen molar-refractivity contribution in [2.75, 3.05) is 11.9 Å². The number of rotatable bonds is 4. The molecule has 0 radical (unpaired) electrons. The Morgan fingerprint density at radius 2 is 1.79 bits per heavy atom. The van der Waals surface area contributed by atoms with Gasteiger partial charge in [0, 0.05) is 9.79 Å². The van der Waals surface area contributed by atoms with E-state index in [-0.39, 0.29) is 12.5 Å². The molecule has 0 fully saturated rings. The topological polar surface area (TPSA) is 33.5 Å². The number of hydrogen-bond donors (Lipinski definition) is 1. The predicted octanol–water partition coefficient (Wildman–Crippen LogP) is 3.70. The fourth-order valence-electron chi connectivity index (χ4n) is 1.54. The average molecular weight is 268 g/mol. The van der Waals surface area contributed by atoms with Crippen LogP contribution in [0.5, 0.6) is 0 Å². The number of carbonyl (C=O) groups excluding carboxylic acids is 1. The van der Waals surface area contributed by atoms with E-state index in [0.29, 0.717) is 0 Å². The highest BCUT2D eigenvalue weighted by Gasteiger charge is 2.09. The summed E-state index contributed by atoms with van der Waals surface area (Å²) in [6.07, 6.45) is 0. The molecule has 4 heteroatoms. The summed E-state index contributed by atoms with van der Waals surface area (Å²) in [5.74, 6) is -0.281. The number of nitrogens with one attached hydrogen (secondary N) is 1. The van der Waals surface area contributed by atoms with E-state index < -0.39 is 0 Å². The van der Waals surface area contributed by atoms with Crippen LogP contribution in [-0.4, -0.2) is 12.5 Å². The monoisotopic (exact) mass is 268 g/mol. The summed E-state index contributed by atoms with van der Waals surface area (Å²) in [5, 5.41) is 2.76. The second-order valence-electron chi connectivity index (χ2n) is 3.78. The standard InChI is InChI=1S/C15H12N2OS/c1-16-11-15(18)17-13-9-5-6-10-14(13)19-12-7-3-2-4-8-12/h2-10H,11H2,(H,17,18). The van der Waals surface area contributed by atoms with Crippen molar-refractivity contribution in [2.24, 2.45) is 0 Å². The summed E-state index contributed by atoms with van der Waals surface area (Å²) in [4.78, 5) is 16.6. The van der Waals surface area contributed by atoms with Crippen molar-refractivity contribution >= 4 is 23.4 Å². The van der Waals surface area contributed by atoms with Gasteiger partial charge in [-0.15, -0.1) is 0 Å². The van der Waals surface area contributed by atoms with Crippen LogP contribution in [0.15, 0.2) is 64.4 Å². The lowest BCUT2D eigenvalue weighted by Crippen LogP contribution is -2.14. The Labute approximate surface area is 116 Å². The molecule has 0 bridgehead atoms. The number of benzene rings is 2. The largest absolute Gasteiger partial charge is 0.319 e. The average Bonchev–Trinajstić information content (AvgIpc) is 2.42. The zero-order valence-corrected chi connectivity index (χ0v) is 11.0. The maximum Gasteiger partial charge on any atom is 0.304 e. The number of hydrogen-bond acceptors (Lipinski definition) is 2. The number of para-hydroxylation sites is 1. The molecule has 1 amide bonds. The van der Waals surface area contributed by atoms with Gasteiger partial charge in [0.05, 0.1) is 5.69 Å². The third kappa shape index (κ3) is 3.87. The quantitative estimate of drug-likeness (QED) is 0.858. The van der Waals surface area contributed by atoms with Gasteiger partial charge in [0.1, 0.15) is 0 Å². The second-order valence-corrected chi connectivity index (χ2v) is 4.89. The first-order valence-electron chi connectivity index (χ1n) is 5.74. The number of anilines is 1. The molecule has 0 unspecified atom stereocenters. The molecule has 2 rings (SSSR count). The van der Waals surface area contributed by atoms with Gasteiger partial charge in [0.15, 0.2) is 0 Å². The zero-order valence-electron chi connectivity index (χ0n) is 10.2. The van der Waals surface area contributed by atoms with E-state index in [1.807, 2.05) is 54.6 Å². The minimum atomic E-state index is -0.281. The summed E-state index contributed by atoms with van der Waals surface area (Å²) < 4.78 is 0. The SMILES string of the molecule is [C-]#[N+]CC(=O)Nc1ccccc1Sc1ccccc1. The van der Waals surface area contributed by atoms with E-state index in [1.54, 1.807) is 11.8 Å². The molecule has 0 aromatic heterocycles. The maximum absolute atomic E-state index is 11.5. The molecule has 0 heterocycles. The zero-order chi connectivity index (χ0) is 13.5. The van der Waals surface area contributed by atoms with E-state index >= 15 is 0 Å². The van der Waals surface area contributed by atoms with E-state index in [2.05, 4.69) is 10.2 Å². The second kappa shape index (κ2) is 6.62. The summed E-state index contributed by atoms with van der Waals surface area (Å²) in [6.45, 7) is 6.54. The van der Waals surface area contributed by atoms with Crippen molar-refractivity contribution in [2.45, 2.75) is 9.79 Å². The predicted molar refractivity (Wildman–Crippen MR) is 77.1 cm³/mol. The van der Waals surface area contributed by atoms with Gasteiger partial charge in [-0.2, -0.15) is 0 Å². The van der Waals surface area contributed by atoms with E-state index in [1.165, 1.54) is 0 Å². The first-order valence-corrected chi connectivity index (χ1v) is 6.56. The number of carbonyl (C=O) groups is 1.